The third-order valence-corrected chi connectivity index (χ3v) is 7.67. The molecular formula is C24H29ClN2O3S. The van der Waals surface area contributed by atoms with Crippen molar-refractivity contribution in [1.82, 2.24) is 10.2 Å². The zero-order valence-electron chi connectivity index (χ0n) is 17.9. The number of unbranched alkanes of at least 4 members (excludes halogenated alkanes) is 1. The fraction of sp³-hybridized carbons (Fsp3) is 0.417. The van der Waals surface area contributed by atoms with Crippen LogP contribution in [0.15, 0.2) is 54.6 Å². The molecule has 1 heterocycles. The van der Waals surface area contributed by atoms with Gasteiger partial charge in [0.05, 0.1) is 16.6 Å². The van der Waals surface area contributed by atoms with Crippen LogP contribution in [0.3, 0.4) is 0 Å². The molecule has 1 saturated heterocycles. The van der Waals surface area contributed by atoms with E-state index >= 15 is 0 Å². The van der Waals surface area contributed by atoms with Crippen molar-refractivity contribution in [3.63, 3.8) is 0 Å². The smallest absolute Gasteiger partial charge is 0.249 e. The molecule has 0 spiro atoms. The summed E-state index contributed by atoms with van der Waals surface area (Å²) in [4.78, 5) is 25.8. The van der Waals surface area contributed by atoms with E-state index in [1.54, 1.807) is 4.90 Å². The zero-order valence-corrected chi connectivity index (χ0v) is 19.5. The van der Waals surface area contributed by atoms with E-state index in [9.17, 15) is 13.8 Å². The molecule has 4 atom stereocenters. The van der Waals surface area contributed by atoms with Gasteiger partial charge in [-0.1, -0.05) is 73.5 Å². The third kappa shape index (κ3) is 5.95. The number of carbonyl (C=O) groups excluding carboxylic acids is 2. The van der Waals surface area contributed by atoms with Crippen LogP contribution in [0.25, 0.3) is 0 Å². The van der Waals surface area contributed by atoms with Crippen molar-refractivity contribution in [3.05, 3.63) is 70.7 Å². The van der Waals surface area contributed by atoms with Gasteiger partial charge in [-0.3, -0.25) is 13.8 Å². The number of halogens is 1. The molecule has 0 aliphatic carbocycles. The second-order valence-corrected chi connectivity index (χ2v) is 9.97. The highest BCUT2D eigenvalue weighted by molar-refractivity contribution is 7.85. The van der Waals surface area contributed by atoms with Crippen LogP contribution in [0.2, 0.25) is 5.02 Å². The maximum Gasteiger partial charge on any atom is 0.249 e. The summed E-state index contributed by atoms with van der Waals surface area (Å²) in [5.41, 5.74) is 2.09. The third-order valence-electron chi connectivity index (χ3n) is 5.64. The molecule has 7 heteroatoms. The second-order valence-electron chi connectivity index (χ2n) is 8.03. The van der Waals surface area contributed by atoms with E-state index in [-0.39, 0.29) is 11.8 Å². The number of nitrogens with one attached hydrogen (secondary N) is 1. The van der Waals surface area contributed by atoms with E-state index in [1.165, 1.54) is 6.92 Å². The summed E-state index contributed by atoms with van der Waals surface area (Å²) in [6.45, 7) is 4.07. The Bertz CT molecular complexity index is 937. The minimum Gasteiger partial charge on any atom is -0.342 e. The van der Waals surface area contributed by atoms with E-state index in [0.717, 1.165) is 35.4 Å². The van der Waals surface area contributed by atoms with Gasteiger partial charge in [0, 0.05) is 18.5 Å². The van der Waals surface area contributed by atoms with Gasteiger partial charge in [-0.2, -0.15) is 0 Å². The van der Waals surface area contributed by atoms with Gasteiger partial charge in [0.25, 0.3) is 0 Å². The van der Waals surface area contributed by atoms with Gasteiger partial charge >= 0.3 is 0 Å². The number of rotatable bonds is 10. The minimum atomic E-state index is -1.30. The maximum atomic E-state index is 13.1. The molecular weight excluding hydrogens is 432 g/mol. The first-order valence-electron chi connectivity index (χ1n) is 10.6. The maximum absolute atomic E-state index is 13.1. The van der Waals surface area contributed by atoms with E-state index in [0.29, 0.717) is 18.2 Å². The van der Waals surface area contributed by atoms with Gasteiger partial charge in [0.1, 0.15) is 11.4 Å². The summed E-state index contributed by atoms with van der Waals surface area (Å²) in [5, 5.41) is 2.97. The highest BCUT2D eigenvalue weighted by atomic mass is 35.5. The van der Waals surface area contributed by atoms with Gasteiger partial charge in [-0.05, 0) is 36.0 Å². The predicted octanol–water partition coefficient (Wildman–Crippen LogP) is 4.24. The van der Waals surface area contributed by atoms with Gasteiger partial charge in [0.15, 0.2) is 0 Å². The number of β-lactam (4-membered cyclic amide) rings is 1. The Labute approximate surface area is 191 Å². The van der Waals surface area contributed by atoms with E-state index in [4.69, 9.17) is 11.6 Å². The van der Waals surface area contributed by atoms with Gasteiger partial charge < -0.3 is 10.2 Å². The number of carbonyl (C=O) groups is 2. The van der Waals surface area contributed by atoms with Crippen LogP contribution in [-0.4, -0.2) is 38.9 Å². The Morgan fingerprint density at radius 2 is 1.81 bits per heavy atom. The zero-order chi connectivity index (χ0) is 22.4. The Kier molecular flexibility index (Phi) is 8.27. The standard InChI is InChI=1S/C24H29ClN2O3S/c1-17(20-13-6-7-14-21(20)25)10-8-9-15-27-23(29)22(26-18(2)28)24(27)31(30)16-19-11-4-3-5-12-19/h3-7,11-14,17,22,24H,8-10,15-16H2,1-2H3,(H,26,28). The summed E-state index contributed by atoms with van der Waals surface area (Å²) in [6, 6.07) is 16.7. The Morgan fingerprint density at radius 3 is 2.48 bits per heavy atom. The predicted molar refractivity (Wildman–Crippen MR) is 125 cm³/mol. The topological polar surface area (TPSA) is 66.5 Å². The molecule has 3 rings (SSSR count). The Hall–Kier alpha value is -2.18. The Morgan fingerprint density at radius 1 is 1.13 bits per heavy atom. The molecule has 0 bridgehead atoms. The number of likely N-dealkylation sites (tertiary alicyclic amines) is 1. The van der Waals surface area contributed by atoms with Crippen molar-refractivity contribution in [2.75, 3.05) is 6.54 Å². The van der Waals surface area contributed by atoms with Crippen LogP contribution < -0.4 is 5.32 Å². The number of hydrogen-bond acceptors (Lipinski definition) is 3. The number of hydrogen-bond donors (Lipinski definition) is 1. The van der Waals surface area contributed by atoms with Crippen LogP contribution in [-0.2, 0) is 26.1 Å². The summed E-state index contributed by atoms with van der Waals surface area (Å²) in [6.07, 6.45) is 2.70. The number of amides is 2. The average molecular weight is 461 g/mol. The van der Waals surface area contributed by atoms with Crippen LogP contribution in [0, 0.1) is 0 Å². The highest BCUT2D eigenvalue weighted by Gasteiger charge is 2.50. The molecule has 2 aromatic rings. The van der Waals surface area contributed by atoms with Crippen LogP contribution in [0.5, 0.6) is 0 Å². The summed E-state index contributed by atoms with van der Waals surface area (Å²) in [5.74, 6) is 0.250. The SMILES string of the molecule is CC(=O)NC1C(=O)N(CCCCC(C)c2ccccc2Cl)C1S(=O)Cc1ccccc1. The molecule has 1 aliphatic rings. The van der Waals surface area contributed by atoms with Crippen LogP contribution in [0.1, 0.15) is 50.2 Å². The second kappa shape index (κ2) is 10.9. The van der Waals surface area contributed by atoms with Crippen LogP contribution >= 0.6 is 11.6 Å². The van der Waals surface area contributed by atoms with E-state index in [2.05, 4.69) is 12.2 Å². The van der Waals surface area contributed by atoms with Gasteiger partial charge in [-0.15, -0.1) is 0 Å². The fourth-order valence-electron chi connectivity index (χ4n) is 3.99. The monoisotopic (exact) mass is 460 g/mol. The molecule has 1 aliphatic heterocycles. The first-order valence-corrected chi connectivity index (χ1v) is 12.4. The van der Waals surface area contributed by atoms with Crippen molar-refractivity contribution in [2.24, 2.45) is 0 Å². The summed E-state index contributed by atoms with van der Waals surface area (Å²) >= 11 is 6.29. The van der Waals surface area contributed by atoms with Gasteiger partial charge in [0.2, 0.25) is 11.8 Å². The van der Waals surface area contributed by atoms with Crippen molar-refractivity contribution in [1.29, 1.82) is 0 Å². The largest absolute Gasteiger partial charge is 0.342 e. The molecule has 0 aromatic heterocycles. The molecule has 166 valence electrons. The number of benzene rings is 2. The molecule has 4 unspecified atom stereocenters. The fourth-order valence-corrected chi connectivity index (χ4v) is 5.99. The van der Waals surface area contributed by atoms with Crippen molar-refractivity contribution < 1.29 is 13.8 Å². The first kappa shape index (κ1) is 23.5. The lowest BCUT2D eigenvalue weighted by Crippen LogP contribution is -2.72. The van der Waals surface area contributed by atoms with E-state index in [1.807, 2.05) is 54.6 Å². The molecule has 2 amide bonds. The average Bonchev–Trinajstić information content (AvgIpc) is 2.75. The van der Waals surface area contributed by atoms with Gasteiger partial charge in [-0.25, -0.2) is 0 Å². The molecule has 1 N–H and O–H groups in total. The van der Waals surface area contributed by atoms with Crippen molar-refractivity contribution in [3.8, 4) is 0 Å². The molecule has 0 saturated carbocycles. The molecule has 0 radical (unpaired) electrons. The normalized spacial score (nSPS) is 20.1. The molecule has 5 nitrogen and oxygen atoms in total. The highest BCUT2D eigenvalue weighted by Crippen LogP contribution is 2.29. The minimum absolute atomic E-state index is 0.152. The lowest BCUT2D eigenvalue weighted by molar-refractivity contribution is -0.148. The molecule has 31 heavy (non-hydrogen) atoms. The lowest BCUT2D eigenvalue weighted by Gasteiger charge is -2.46. The number of nitrogens with zero attached hydrogens (tertiary/aromatic N) is 1. The van der Waals surface area contributed by atoms with Crippen molar-refractivity contribution in [2.45, 2.75) is 56.2 Å². The van der Waals surface area contributed by atoms with Crippen LogP contribution in [0.4, 0.5) is 0 Å². The Balaban J connectivity index is 1.56. The summed E-state index contributed by atoms with van der Waals surface area (Å²) in [7, 11) is -1.30. The first-order chi connectivity index (χ1) is 14.9. The molecule has 2 aromatic carbocycles. The quantitative estimate of drug-likeness (QED) is 0.426. The van der Waals surface area contributed by atoms with Crippen molar-refractivity contribution >= 4 is 34.2 Å². The summed E-state index contributed by atoms with van der Waals surface area (Å²) < 4.78 is 13.1. The van der Waals surface area contributed by atoms with E-state index < -0.39 is 22.2 Å². The molecule has 1 fully saturated rings. The lowest BCUT2D eigenvalue weighted by atomic mass is 9.95.